The zero-order valence-corrected chi connectivity index (χ0v) is 27.0. The fourth-order valence-electron chi connectivity index (χ4n) is 7.39. The highest BCUT2D eigenvalue weighted by Gasteiger charge is 2.18. The van der Waals surface area contributed by atoms with Crippen molar-refractivity contribution >= 4 is 43.7 Å². The molecule has 0 radical (unpaired) electrons. The molecule has 50 heavy (non-hydrogen) atoms. The number of fused-ring (bicyclic) bond motifs is 6. The molecular weight excluding hydrogens is 611 g/mol. The Balaban J connectivity index is 1.22. The van der Waals surface area contributed by atoms with Gasteiger partial charge in [-0.3, -0.25) is 14.5 Å². The van der Waals surface area contributed by atoms with Gasteiger partial charge in [0.1, 0.15) is 5.65 Å². The van der Waals surface area contributed by atoms with Gasteiger partial charge < -0.3 is 4.57 Å². The van der Waals surface area contributed by atoms with Gasteiger partial charge in [0.25, 0.3) is 0 Å². The Bertz CT molecular complexity index is 2800. The van der Waals surface area contributed by atoms with E-state index < -0.39 is 0 Å². The van der Waals surface area contributed by atoms with Crippen molar-refractivity contribution in [1.82, 2.24) is 24.1 Å². The summed E-state index contributed by atoms with van der Waals surface area (Å²) in [5.41, 5.74) is 12.7. The van der Waals surface area contributed by atoms with E-state index in [9.17, 15) is 0 Å². The lowest BCUT2D eigenvalue weighted by Gasteiger charge is -2.14. The molecule has 0 saturated carbocycles. The Hall–Kier alpha value is -6.85. The summed E-state index contributed by atoms with van der Waals surface area (Å²) in [5.74, 6) is 0. The summed E-state index contributed by atoms with van der Waals surface area (Å²) < 4.78 is 4.66. The van der Waals surface area contributed by atoms with E-state index in [1.54, 1.807) is 0 Å². The summed E-state index contributed by atoms with van der Waals surface area (Å²) in [5, 5.41) is 4.74. The summed E-state index contributed by atoms with van der Waals surface area (Å²) in [7, 11) is 0. The monoisotopic (exact) mass is 639 g/mol. The summed E-state index contributed by atoms with van der Waals surface area (Å²) >= 11 is 0. The number of benzene rings is 5. The van der Waals surface area contributed by atoms with E-state index >= 15 is 0 Å². The molecule has 0 unspecified atom stereocenters. The number of hydrogen-bond donors (Lipinski definition) is 0. The zero-order valence-electron chi connectivity index (χ0n) is 27.0. The normalized spacial score (nSPS) is 11.6. The molecule has 5 heteroatoms. The summed E-state index contributed by atoms with van der Waals surface area (Å²) in [4.78, 5) is 14.3. The first kappa shape index (κ1) is 28.2. The smallest absolute Gasteiger partial charge is 0.145 e. The maximum absolute atomic E-state index is 4.82. The number of nitrogens with zero attached hydrogens (tertiary/aromatic N) is 5. The van der Waals surface area contributed by atoms with Crippen LogP contribution in [0.2, 0.25) is 0 Å². The minimum Gasteiger partial charge on any atom is -0.309 e. The molecule has 0 bridgehead atoms. The fraction of sp³-hybridized carbons (Fsp3) is 0. The van der Waals surface area contributed by atoms with Gasteiger partial charge in [0.05, 0.1) is 27.9 Å². The molecule has 10 aromatic rings. The maximum atomic E-state index is 4.82. The van der Waals surface area contributed by atoms with Gasteiger partial charge in [0.2, 0.25) is 0 Å². The van der Waals surface area contributed by atoms with Crippen LogP contribution in [0.25, 0.3) is 88.8 Å². The Morgan fingerprint density at radius 3 is 1.56 bits per heavy atom. The Kier molecular flexibility index (Phi) is 6.42. The number of rotatable bonds is 5. The largest absolute Gasteiger partial charge is 0.309 e. The van der Waals surface area contributed by atoms with E-state index in [0.29, 0.717) is 0 Å². The second-order valence-electron chi connectivity index (χ2n) is 12.6. The third-order valence-electron chi connectivity index (χ3n) is 9.65. The molecule has 0 amide bonds. The van der Waals surface area contributed by atoms with Crippen LogP contribution in [-0.4, -0.2) is 24.1 Å². The Morgan fingerprint density at radius 2 is 0.880 bits per heavy atom. The average Bonchev–Trinajstić information content (AvgIpc) is 3.71. The maximum Gasteiger partial charge on any atom is 0.145 e. The quantitative estimate of drug-likeness (QED) is 0.188. The van der Waals surface area contributed by atoms with Crippen molar-refractivity contribution in [3.8, 4) is 45.0 Å². The molecule has 0 spiro atoms. The van der Waals surface area contributed by atoms with Gasteiger partial charge in [0.15, 0.2) is 0 Å². The fourth-order valence-corrected chi connectivity index (χ4v) is 7.39. The second-order valence-corrected chi connectivity index (χ2v) is 12.6. The number of pyridine rings is 3. The highest BCUT2D eigenvalue weighted by molar-refractivity contribution is 6.11. The summed E-state index contributed by atoms with van der Waals surface area (Å²) in [6, 6.07) is 55.7. The van der Waals surface area contributed by atoms with E-state index in [1.807, 2.05) is 48.9 Å². The highest BCUT2D eigenvalue weighted by atomic mass is 15.0. The first-order valence-electron chi connectivity index (χ1n) is 16.8. The van der Waals surface area contributed by atoms with Gasteiger partial charge >= 0.3 is 0 Å². The summed E-state index contributed by atoms with van der Waals surface area (Å²) in [6.45, 7) is 0. The van der Waals surface area contributed by atoms with Gasteiger partial charge in [-0.1, -0.05) is 72.8 Å². The van der Waals surface area contributed by atoms with Crippen LogP contribution in [0.1, 0.15) is 0 Å². The van der Waals surface area contributed by atoms with Crippen LogP contribution in [0.5, 0.6) is 0 Å². The molecule has 5 nitrogen and oxygen atoms in total. The molecule has 0 aliphatic heterocycles. The van der Waals surface area contributed by atoms with Crippen LogP contribution in [0, 0.1) is 0 Å². The first-order valence-corrected chi connectivity index (χ1v) is 16.8. The molecule has 0 N–H and O–H groups in total. The van der Waals surface area contributed by atoms with Crippen LogP contribution in [-0.2, 0) is 0 Å². The Morgan fingerprint density at radius 1 is 0.320 bits per heavy atom. The standard InChI is InChI=1S/C45H29N5/c1-2-11-34(12-3-1)50-44-29-31(19-21-38(44)39-14-10-24-48-45(39)50)30-18-20-37-36-13-4-5-17-42(36)49(43(37)28-30)35-26-32(40-15-6-8-22-46-40)25-33(27-35)41-16-7-9-23-47-41/h1-29H. The van der Waals surface area contributed by atoms with Gasteiger partial charge in [-0.05, 0) is 96.1 Å². The average molecular weight is 640 g/mol. The molecule has 5 aromatic carbocycles. The lowest BCUT2D eigenvalue weighted by molar-refractivity contribution is 1.14. The van der Waals surface area contributed by atoms with Gasteiger partial charge in [0, 0.05) is 62.6 Å². The van der Waals surface area contributed by atoms with Crippen LogP contribution >= 0.6 is 0 Å². The van der Waals surface area contributed by atoms with Crippen molar-refractivity contribution in [3.63, 3.8) is 0 Å². The van der Waals surface area contributed by atoms with Crippen molar-refractivity contribution in [3.05, 3.63) is 176 Å². The summed E-state index contributed by atoms with van der Waals surface area (Å²) in [6.07, 6.45) is 5.56. The lowest BCUT2D eigenvalue weighted by Crippen LogP contribution is -1.97. The van der Waals surface area contributed by atoms with Gasteiger partial charge in [-0.15, -0.1) is 0 Å². The molecular formula is C45H29N5. The number of aromatic nitrogens is 5. The topological polar surface area (TPSA) is 48.5 Å². The molecule has 10 rings (SSSR count). The zero-order chi connectivity index (χ0) is 33.0. The molecule has 5 aromatic heterocycles. The lowest BCUT2D eigenvalue weighted by atomic mass is 10.0. The van der Waals surface area contributed by atoms with Crippen molar-refractivity contribution < 1.29 is 0 Å². The minimum absolute atomic E-state index is 0.921. The van der Waals surface area contributed by atoms with Crippen LogP contribution in [0.4, 0.5) is 0 Å². The minimum atomic E-state index is 0.921. The number of para-hydroxylation sites is 2. The third kappa shape index (κ3) is 4.52. The SMILES string of the molecule is c1ccc(-n2c3cc(-c4ccc5c6ccccc6n(-c6cc(-c7ccccn7)cc(-c7ccccn7)c6)c5c4)ccc3c3cccnc32)cc1. The molecule has 0 atom stereocenters. The van der Waals surface area contributed by atoms with E-state index in [-0.39, 0.29) is 0 Å². The predicted molar refractivity (Wildman–Crippen MR) is 205 cm³/mol. The molecule has 234 valence electrons. The van der Waals surface area contributed by atoms with Crippen LogP contribution < -0.4 is 0 Å². The van der Waals surface area contributed by atoms with E-state index in [0.717, 1.165) is 72.6 Å². The molecule has 0 aliphatic carbocycles. The highest BCUT2D eigenvalue weighted by Crippen LogP contribution is 2.39. The molecule has 0 fully saturated rings. The number of hydrogen-bond acceptors (Lipinski definition) is 3. The van der Waals surface area contributed by atoms with Gasteiger partial charge in [-0.25, -0.2) is 4.98 Å². The van der Waals surface area contributed by atoms with Crippen LogP contribution in [0.3, 0.4) is 0 Å². The van der Waals surface area contributed by atoms with Gasteiger partial charge in [-0.2, -0.15) is 0 Å². The molecule has 0 saturated heterocycles. The van der Waals surface area contributed by atoms with E-state index in [1.165, 1.54) is 16.2 Å². The van der Waals surface area contributed by atoms with E-state index in [2.05, 4.69) is 137 Å². The Labute approximate surface area is 288 Å². The second kappa shape index (κ2) is 11.4. The van der Waals surface area contributed by atoms with E-state index in [4.69, 9.17) is 15.0 Å². The van der Waals surface area contributed by atoms with Crippen molar-refractivity contribution in [2.45, 2.75) is 0 Å². The van der Waals surface area contributed by atoms with Crippen LogP contribution in [0.15, 0.2) is 176 Å². The van der Waals surface area contributed by atoms with Crippen molar-refractivity contribution in [1.29, 1.82) is 0 Å². The predicted octanol–water partition coefficient (Wildman–Crippen LogP) is 11.1. The third-order valence-corrected chi connectivity index (χ3v) is 9.65. The first-order chi connectivity index (χ1) is 24.8. The molecule has 0 aliphatic rings. The van der Waals surface area contributed by atoms with Crippen molar-refractivity contribution in [2.75, 3.05) is 0 Å². The van der Waals surface area contributed by atoms with Crippen molar-refractivity contribution in [2.24, 2.45) is 0 Å². The molecule has 5 heterocycles.